The monoisotopic (exact) mass is 210 g/mol. The fraction of sp³-hybridized carbons (Fsp3) is 0.143. The van der Waals surface area contributed by atoms with Gasteiger partial charge in [-0.2, -0.15) is 0 Å². The number of rotatable bonds is 0. The van der Waals surface area contributed by atoms with E-state index in [4.69, 9.17) is 9.47 Å². The number of hydrogen-bond acceptors (Lipinski definition) is 2. The van der Waals surface area contributed by atoms with Crippen LogP contribution in [-0.2, 0) is 4.74 Å². The summed E-state index contributed by atoms with van der Waals surface area (Å²) >= 11 is 0. The SMILES string of the molecule is c1ccc2c(c1)Oc1ccccc1C1OC21. The third kappa shape index (κ3) is 1.05. The quantitative estimate of drug-likeness (QED) is 0.619. The zero-order chi connectivity index (χ0) is 10.5. The van der Waals surface area contributed by atoms with Crippen molar-refractivity contribution in [2.45, 2.75) is 12.2 Å². The summed E-state index contributed by atoms with van der Waals surface area (Å²) in [6.07, 6.45) is 0.361. The Hall–Kier alpha value is -1.80. The van der Waals surface area contributed by atoms with Gasteiger partial charge < -0.3 is 9.47 Å². The van der Waals surface area contributed by atoms with Gasteiger partial charge in [-0.15, -0.1) is 0 Å². The first-order valence-electron chi connectivity index (χ1n) is 5.45. The summed E-state index contributed by atoms with van der Waals surface area (Å²) in [7, 11) is 0. The van der Waals surface area contributed by atoms with Gasteiger partial charge in [-0.25, -0.2) is 0 Å². The van der Waals surface area contributed by atoms with E-state index in [9.17, 15) is 0 Å². The Kier molecular flexibility index (Phi) is 1.50. The molecule has 0 radical (unpaired) electrons. The van der Waals surface area contributed by atoms with Crippen molar-refractivity contribution in [2.24, 2.45) is 0 Å². The van der Waals surface area contributed by atoms with E-state index in [0.717, 1.165) is 22.6 Å². The van der Waals surface area contributed by atoms with Crippen molar-refractivity contribution in [1.29, 1.82) is 0 Å². The first kappa shape index (κ1) is 8.36. The molecule has 0 aromatic heterocycles. The van der Waals surface area contributed by atoms with E-state index in [1.54, 1.807) is 0 Å². The summed E-state index contributed by atoms with van der Waals surface area (Å²) in [5, 5.41) is 0. The topological polar surface area (TPSA) is 21.8 Å². The lowest BCUT2D eigenvalue weighted by Crippen LogP contribution is -1.89. The Bertz CT molecular complexity index is 513. The van der Waals surface area contributed by atoms with Gasteiger partial charge in [0, 0.05) is 11.1 Å². The molecule has 1 fully saturated rings. The van der Waals surface area contributed by atoms with Crippen LogP contribution in [-0.4, -0.2) is 0 Å². The van der Waals surface area contributed by atoms with Gasteiger partial charge in [0.1, 0.15) is 23.7 Å². The molecule has 2 aliphatic rings. The molecule has 2 unspecified atom stereocenters. The minimum absolute atomic E-state index is 0.180. The fourth-order valence-corrected chi connectivity index (χ4v) is 2.32. The second kappa shape index (κ2) is 2.86. The summed E-state index contributed by atoms with van der Waals surface area (Å²) < 4.78 is 11.7. The minimum Gasteiger partial charge on any atom is -0.457 e. The predicted molar refractivity (Wildman–Crippen MR) is 59.5 cm³/mol. The Balaban J connectivity index is 1.94. The molecule has 0 N–H and O–H groups in total. The van der Waals surface area contributed by atoms with Gasteiger partial charge in [-0.3, -0.25) is 0 Å². The smallest absolute Gasteiger partial charge is 0.133 e. The highest BCUT2D eigenvalue weighted by Gasteiger charge is 2.46. The molecule has 2 heteroatoms. The van der Waals surface area contributed by atoms with Gasteiger partial charge in [-0.1, -0.05) is 36.4 Å². The Morgan fingerprint density at radius 2 is 1.19 bits per heavy atom. The van der Waals surface area contributed by atoms with Gasteiger partial charge in [0.2, 0.25) is 0 Å². The maximum Gasteiger partial charge on any atom is 0.133 e. The van der Waals surface area contributed by atoms with Crippen molar-refractivity contribution < 1.29 is 9.47 Å². The first-order valence-corrected chi connectivity index (χ1v) is 5.45. The van der Waals surface area contributed by atoms with E-state index in [-0.39, 0.29) is 12.2 Å². The maximum absolute atomic E-state index is 5.92. The molecule has 16 heavy (non-hydrogen) atoms. The van der Waals surface area contributed by atoms with Gasteiger partial charge in [0.15, 0.2) is 0 Å². The van der Waals surface area contributed by atoms with Crippen molar-refractivity contribution in [1.82, 2.24) is 0 Å². The lowest BCUT2D eigenvalue weighted by atomic mass is 10.0. The van der Waals surface area contributed by atoms with E-state index in [0.29, 0.717) is 0 Å². The van der Waals surface area contributed by atoms with Crippen LogP contribution in [0.15, 0.2) is 48.5 Å². The zero-order valence-corrected chi connectivity index (χ0v) is 8.59. The third-order valence-electron chi connectivity index (χ3n) is 3.16. The molecular weight excluding hydrogens is 200 g/mol. The fourth-order valence-electron chi connectivity index (χ4n) is 2.32. The van der Waals surface area contributed by atoms with Crippen molar-refractivity contribution in [3.8, 4) is 11.5 Å². The van der Waals surface area contributed by atoms with Crippen LogP contribution in [0.25, 0.3) is 0 Å². The van der Waals surface area contributed by atoms with Crippen molar-refractivity contribution in [2.75, 3.05) is 0 Å². The number of benzene rings is 2. The summed E-state index contributed by atoms with van der Waals surface area (Å²) in [6.45, 7) is 0. The van der Waals surface area contributed by atoms with Gasteiger partial charge >= 0.3 is 0 Å². The molecule has 2 atom stereocenters. The molecule has 2 aromatic rings. The predicted octanol–water partition coefficient (Wildman–Crippen LogP) is 3.60. The van der Waals surface area contributed by atoms with E-state index in [1.807, 2.05) is 36.4 Å². The first-order chi connectivity index (χ1) is 7.93. The molecule has 1 saturated heterocycles. The maximum atomic E-state index is 5.92. The van der Waals surface area contributed by atoms with E-state index >= 15 is 0 Å². The van der Waals surface area contributed by atoms with Crippen LogP contribution in [0.5, 0.6) is 11.5 Å². The number of para-hydroxylation sites is 2. The highest BCUT2D eigenvalue weighted by Crippen LogP contribution is 2.58. The largest absolute Gasteiger partial charge is 0.457 e. The van der Waals surface area contributed by atoms with Crippen molar-refractivity contribution in [3.63, 3.8) is 0 Å². The summed E-state index contributed by atoms with van der Waals surface area (Å²) in [6, 6.07) is 16.2. The number of hydrogen-bond donors (Lipinski definition) is 0. The summed E-state index contributed by atoms with van der Waals surface area (Å²) in [5.41, 5.74) is 2.31. The lowest BCUT2D eigenvalue weighted by molar-refractivity contribution is 0.358. The Labute approximate surface area is 93.4 Å². The molecule has 2 aliphatic heterocycles. The van der Waals surface area contributed by atoms with Gasteiger partial charge in [0.05, 0.1) is 0 Å². The number of epoxide rings is 1. The molecule has 2 aromatic carbocycles. The second-order valence-corrected chi connectivity index (χ2v) is 4.15. The molecule has 0 spiro atoms. The summed E-state index contributed by atoms with van der Waals surface area (Å²) in [5.74, 6) is 1.83. The minimum atomic E-state index is 0.180. The van der Waals surface area contributed by atoms with Gasteiger partial charge in [-0.05, 0) is 12.1 Å². The number of ether oxygens (including phenoxy) is 2. The lowest BCUT2D eigenvalue weighted by Gasteiger charge is -2.09. The average molecular weight is 210 g/mol. The molecule has 2 nitrogen and oxygen atoms in total. The molecule has 2 heterocycles. The van der Waals surface area contributed by atoms with Crippen LogP contribution < -0.4 is 4.74 Å². The van der Waals surface area contributed by atoms with E-state index in [2.05, 4.69) is 12.1 Å². The zero-order valence-electron chi connectivity index (χ0n) is 8.59. The molecular formula is C14H10O2. The van der Waals surface area contributed by atoms with Crippen LogP contribution in [0.2, 0.25) is 0 Å². The number of fused-ring (bicyclic) bond motifs is 5. The van der Waals surface area contributed by atoms with E-state index in [1.165, 1.54) is 0 Å². The average Bonchev–Trinajstić information content (AvgIpc) is 3.09. The molecule has 0 amide bonds. The van der Waals surface area contributed by atoms with Crippen LogP contribution >= 0.6 is 0 Å². The molecule has 0 aliphatic carbocycles. The van der Waals surface area contributed by atoms with Crippen LogP contribution in [0.3, 0.4) is 0 Å². The second-order valence-electron chi connectivity index (χ2n) is 4.15. The van der Waals surface area contributed by atoms with Crippen molar-refractivity contribution >= 4 is 0 Å². The van der Waals surface area contributed by atoms with Crippen molar-refractivity contribution in [3.05, 3.63) is 59.7 Å². The third-order valence-corrected chi connectivity index (χ3v) is 3.16. The molecule has 0 bridgehead atoms. The highest BCUT2D eigenvalue weighted by molar-refractivity contribution is 5.50. The van der Waals surface area contributed by atoms with E-state index < -0.39 is 0 Å². The van der Waals surface area contributed by atoms with Crippen LogP contribution in [0.4, 0.5) is 0 Å². The molecule has 0 saturated carbocycles. The normalized spacial score (nSPS) is 24.5. The Morgan fingerprint density at radius 3 is 1.75 bits per heavy atom. The molecule has 4 rings (SSSR count). The summed E-state index contributed by atoms with van der Waals surface area (Å²) in [4.78, 5) is 0. The standard InChI is InChI=1S/C14H10O2/c1-3-7-11-9(5-1)13-14(16-13)10-6-2-4-8-12(10)15-11/h1-8,13-14H. The Morgan fingerprint density at radius 1 is 0.688 bits per heavy atom. The highest BCUT2D eigenvalue weighted by atomic mass is 16.6. The van der Waals surface area contributed by atoms with Crippen LogP contribution in [0, 0.1) is 0 Å². The molecule has 78 valence electrons. The van der Waals surface area contributed by atoms with Crippen LogP contribution in [0.1, 0.15) is 23.3 Å². The van der Waals surface area contributed by atoms with Gasteiger partial charge in [0.25, 0.3) is 0 Å².